The van der Waals surface area contributed by atoms with Gasteiger partial charge in [-0.05, 0) is 36.2 Å². The second-order valence-electron chi connectivity index (χ2n) is 4.96. The highest BCUT2D eigenvalue weighted by molar-refractivity contribution is 6.04. The number of carbonyl (C=O) groups is 2. The number of carboxylic acid groups (broad SMARTS) is 1. The molecule has 4 heteroatoms. The summed E-state index contributed by atoms with van der Waals surface area (Å²) in [6.07, 6.45) is 0.474. The summed E-state index contributed by atoms with van der Waals surface area (Å²) in [7, 11) is 0. The molecule has 1 atom stereocenters. The van der Waals surface area contributed by atoms with E-state index in [9.17, 15) is 9.59 Å². The smallest absolute Gasteiger partial charge is 0.306 e. The summed E-state index contributed by atoms with van der Waals surface area (Å²) in [5.74, 6) is -1.39. The highest BCUT2D eigenvalue weighted by Gasteiger charge is 2.11. The van der Waals surface area contributed by atoms with Crippen LogP contribution in [-0.2, 0) is 11.2 Å². The van der Waals surface area contributed by atoms with Crippen LogP contribution in [0.3, 0.4) is 0 Å². The zero-order valence-corrected chi connectivity index (χ0v) is 11.7. The van der Waals surface area contributed by atoms with E-state index in [-0.39, 0.29) is 5.91 Å². The normalized spacial score (nSPS) is 11.7. The third kappa shape index (κ3) is 4.18. The van der Waals surface area contributed by atoms with Crippen LogP contribution < -0.4 is 5.32 Å². The Hall–Kier alpha value is -2.62. The van der Waals surface area contributed by atoms with Crippen molar-refractivity contribution in [2.24, 2.45) is 5.92 Å². The zero-order valence-electron chi connectivity index (χ0n) is 11.7. The molecule has 108 valence electrons. The van der Waals surface area contributed by atoms with Crippen LogP contribution in [0.5, 0.6) is 0 Å². The molecular formula is C17H17NO3. The van der Waals surface area contributed by atoms with E-state index in [1.807, 2.05) is 30.3 Å². The third-order valence-electron chi connectivity index (χ3n) is 3.21. The van der Waals surface area contributed by atoms with Crippen molar-refractivity contribution in [1.29, 1.82) is 0 Å². The number of benzene rings is 2. The summed E-state index contributed by atoms with van der Waals surface area (Å²) in [5.41, 5.74) is 2.22. The Morgan fingerprint density at radius 1 is 1.05 bits per heavy atom. The van der Waals surface area contributed by atoms with Crippen LogP contribution in [0.1, 0.15) is 22.8 Å². The van der Waals surface area contributed by atoms with E-state index >= 15 is 0 Å². The molecule has 21 heavy (non-hydrogen) atoms. The minimum Gasteiger partial charge on any atom is -0.481 e. The largest absolute Gasteiger partial charge is 0.481 e. The Morgan fingerprint density at radius 2 is 1.67 bits per heavy atom. The van der Waals surface area contributed by atoms with Crippen LogP contribution >= 0.6 is 0 Å². The molecule has 0 spiro atoms. The van der Waals surface area contributed by atoms with Gasteiger partial charge in [0.1, 0.15) is 0 Å². The molecule has 2 rings (SSSR count). The molecule has 0 aliphatic heterocycles. The van der Waals surface area contributed by atoms with Gasteiger partial charge in [-0.15, -0.1) is 0 Å². The maximum Gasteiger partial charge on any atom is 0.306 e. The van der Waals surface area contributed by atoms with Crippen molar-refractivity contribution in [2.45, 2.75) is 13.3 Å². The van der Waals surface area contributed by atoms with E-state index in [0.717, 1.165) is 5.56 Å². The molecule has 0 fully saturated rings. The molecule has 0 saturated carbocycles. The van der Waals surface area contributed by atoms with E-state index in [1.165, 1.54) is 0 Å². The van der Waals surface area contributed by atoms with Gasteiger partial charge in [0.15, 0.2) is 0 Å². The minimum absolute atomic E-state index is 0.165. The maximum atomic E-state index is 12.0. The average Bonchev–Trinajstić information content (AvgIpc) is 2.50. The van der Waals surface area contributed by atoms with Crippen LogP contribution in [0, 0.1) is 5.92 Å². The van der Waals surface area contributed by atoms with Gasteiger partial charge in [-0.2, -0.15) is 0 Å². The Bertz CT molecular complexity index is 620. The van der Waals surface area contributed by atoms with Gasteiger partial charge in [0, 0.05) is 11.3 Å². The zero-order chi connectivity index (χ0) is 15.2. The summed E-state index contributed by atoms with van der Waals surface area (Å²) in [5, 5.41) is 11.7. The lowest BCUT2D eigenvalue weighted by Gasteiger charge is -2.08. The molecule has 2 aromatic carbocycles. The van der Waals surface area contributed by atoms with Gasteiger partial charge < -0.3 is 10.4 Å². The highest BCUT2D eigenvalue weighted by atomic mass is 16.4. The Balaban J connectivity index is 2.00. The van der Waals surface area contributed by atoms with E-state index in [0.29, 0.717) is 17.7 Å². The molecule has 0 radical (unpaired) electrons. The Labute approximate surface area is 123 Å². The van der Waals surface area contributed by atoms with E-state index in [1.54, 1.807) is 31.2 Å². The van der Waals surface area contributed by atoms with E-state index < -0.39 is 11.9 Å². The number of anilines is 1. The molecule has 1 unspecified atom stereocenters. The van der Waals surface area contributed by atoms with Gasteiger partial charge in [0.25, 0.3) is 5.91 Å². The molecule has 4 nitrogen and oxygen atoms in total. The average molecular weight is 283 g/mol. The summed E-state index contributed by atoms with van der Waals surface area (Å²) >= 11 is 0. The molecule has 2 aromatic rings. The molecule has 0 aromatic heterocycles. The predicted octanol–water partition coefficient (Wildman–Crippen LogP) is 3.20. The van der Waals surface area contributed by atoms with Crippen LogP contribution in [0.2, 0.25) is 0 Å². The fourth-order valence-corrected chi connectivity index (χ4v) is 1.96. The second kappa shape index (κ2) is 6.70. The van der Waals surface area contributed by atoms with Crippen LogP contribution in [0.15, 0.2) is 54.6 Å². The summed E-state index contributed by atoms with van der Waals surface area (Å²) in [6, 6.07) is 16.2. The first-order valence-corrected chi connectivity index (χ1v) is 6.74. The first-order chi connectivity index (χ1) is 10.1. The van der Waals surface area contributed by atoms with Gasteiger partial charge in [-0.3, -0.25) is 9.59 Å². The van der Waals surface area contributed by atoms with Crippen molar-refractivity contribution in [3.63, 3.8) is 0 Å². The van der Waals surface area contributed by atoms with Crippen LogP contribution in [0.4, 0.5) is 5.69 Å². The molecule has 0 bridgehead atoms. The number of amides is 1. The summed E-state index contributed by atoms with van der Waals surface area (Å²) in [4.78, 5) is 22.8. The number of hydrogen-bond acceptors (Lipinski definition) is 2. The van der Waals surface area contributed by atoms with Crippen molar-refractivity contribution in [1.82, 2.24) is 0 Å². The topological polar surface area (TPSA) is 66.4 Å². The number of aliphatic carboxylic acids is 1. The minimum atomic E-state index is -0.809. The van der Waals surface area contributed by atoms with Gasteiger partial charge in [-0.1, -0.05) is 37.3 Å². The number of nitrogens with one attached hydrogen (secondary N) is 1. The molecule has 1 amide bonds. The highest BCUT2D eigenvalue weighted by Crippen LogP contribution is 2.14. The predicted molar refractivity (Wildman–Crippen MR) is 81.3 cm³/mol. The van der Waals surface area contributed by atoms with Crippen molar-refractivity contribution in [3.8, 4) is 0 Å². The second-order valence-corrected chi connectivity index (χ2v) is 4.96. The fraction of sp³-hybridized carbons (Fsp3) is 0.176. The molecular weight excluding hydrogens is 266 g/mol. The maximum absolute atomic E-state index is 12.0. The quantitative estimate of drug-likeness (QED) is 0.885. The molecule has 0 aliphatic rings. The fourth-order valence-electron chi connectivity index (χ4n) is 1.96. The Morgan fingerprint density at radius 3 is 2.24 bits per heavy atom. The number of hydrogen-bond donors (Lipinski definition) is 2. The molecule has 2 N–H and O–H groups in total. The standard InChI is InChI=1S/C17H17NO3/c1-12(17(20)21)11-13-7-9-15(10-8-13)18-16(19)14-5-3-2-4-6-14/h2-10,12H,11H2,1H3,(H,18,19)(H,20,21). The van der Waals surface area contributed by atoms with Gasteiger partial charge in [-0.25, -0.2) is 0 Å². The van der Waals surface area contributed by atoms with Gasteiger partial charge in [0.2, 0.25) is 0 Å². The number of carboxylic acids is 1. The van der Waals surface area contributed by atoms with Gasteiger partial charge in [0.05, 0.1) is 5.92 Å². The third-order valence-corrected chi connectivity index (χ3v) is 3.21. The number of rotatable bonds is 5. The van der Waals surface area contributed by atoms with Crippen molar-refractivity contribution in [2.75, 3.05) is 5.32 Å². The first-order valence-electron chi connectivity index (χ1n) is 6.74. The lowest BCUT2D eigenvalue weighted by Crippen LogP contribution is -2.13. The SMILES string of the molecule is CC(Cc1ccc(NC(=O)c2ccccc2)cc1)C(=O)O. The summed E-state index contributed by atoms with van der Waals surface area (Å²) in [6.45, 7) is 1.67. The van der Waals surface area contributed by atoms with Crippen molar-refractivity contribution >= 4 is 17.6 Å². The van der Waals surface area contributed by atoms with Crippen LogP contribution in [-0.4, -0.2) is 17.0 Å². The monoisotopic (exact) mass is 283 g/mol. The molecule has 0 aliphatic carbocycles. The lowest BCUT2D eigenvalue weighted by atomic mass is 10.0. The van der Waals surface area contributed by atoms with Gasteiger partial charge >= 0.3 is 5.97 Å². The first kappa shape index (κ1) is 14.8. The molecule has 0 heterocycles. The van der Waals surface area contributed by atoms with Crippen molar-refractivity contribution < 1.29 is 14.7 Å². The van der Waals surface area contributed by atoms with E-state index in [4.69, 9.17) is 5.11 Å². The van der Waals surface area contributed by atoms with Crippen molar-refractivity contribution in [3.05, 3.63) is 65.7 Å². The Kier molecular flexibility index (Phi) is 4.72. The van der Waals surface area contributed by atoms with Crippen LogP contribution in [0.25, 0.3) is 0 Å². The number of carbonyl (C=O) groups excluding carboxylic acids is 1. The lowest BCUT2D eigenvalue weighted by molar-refractivity contribution is -0.141. The summed E-state index contributed by atoms with van der Waals surface area (Å²) < 4.78 is 0. The molecule has 0 saturated heterocycles. The van der Waals surface area contributed by atoms with E-state index in [2.05, 4.69) is 5.32 Å².